The van der Waals surface area contributed by atoms with Crippen molar-refractivity contribution >= 4 is 18.3 Å². The summed E-state index contributed by atoms with van der Waals surface area (Å²) >= 11 is 0. The van der Waals surface area contributed by atoms with Gasteiger partial charge in [0.05, 0.1) is 6.10 Å². The Kier molecular flexibility index (Phi) is 8.92. The van der Waals surface area contributed by atoms with Gasteiger partial charge in [0.25, 0.3) is 0 Å². The van der Waals surface area contributed by atoms with Crippen LogP contribution in [0.1, 0.15) is 76.9 Å². The maximum Gasteiger partial charge on any atom is 0.223 e. The molecule has 4 nitrogen and oxygen atoms in total. The number of carbonyl (C=O) groups excluding carboxylic acids is 1. The molecule has 2 aliphatic carbocycles. The standard InChI is InChI=1S/C23H35FN2O2.ClH/c1-23(2,25-15-21(27)18-7-4-8-19(24)13-18)14-16-9-11-20(12-10-16)26-22(28)17-5-3-6-17;/h4,7-8,13,16-17,20-21,25,27H,3,5-6,9-12,14-15H2,1-2H3,(H,26,28);1H/t16?,20?,21-;/m0./s1. The van der Waals surface area contributed by atoms with Crippen LogP contribution in [0.4, 0.5) is 4.39 Å². The van der Waals surface area contributed by atoms with Crippen molar-refractivity contribution < 1.29 is 14.3 Å². The number of hydrogen-bond acceptors (Lipinski definition) is 3. The second-order valence-electron chi connectivity index (χ2n) is 9.39. The van der Waals surface area contributed by atoms with Gasteiger partial charge in [-0.05, 0) is 82.4 Å². The molecule has 1 aromatic rings. The van der Waals surface area contributed by atoms with Crippen molar-refractivity contribution in [3.05, 3.63) is 35.6 Å². The molecule has 2 fully saturated rings. The molecule has 6 heteroatoms. The summed E-state index contributed by atoms with van der Waals surface area (Å²) in [6.45, 7) is 4.73. The summed E-state index contributed by atoms with van der Waals surface area (Å²) in [5.41, 5.74) is 0.507. The van der Waals surface area contributed by atoms with Crippen LogP contribution in [-0.2, 0) is 4.79 Å². The van der Waals surface area contributed by atoms with Gasteiger partial charge in [0.1, 0.15) is 5.82 Å². The average Bonchev–Trinajstić information content (AvgIpc) is 2.60. The Morgan fingerprint density at radius 2 is 1.90 bits per heavy atom. The highest BCUT2D eigenvalue weighted by Gasteiger charge is 2.31. The lowest BCUT2D eigenvalue weighted by Gasteiger charge is -2.36. The van der Waals surface area contributed by atoms with Crippen molar-refractivity contribution in [2.75, 3.05) is 6.54 Å². The quantitative estimate of drug-likeness (QED) is 0.573. The topological polar surface area (TPSA) is 61.4 Å². The Labute approximate surface area is 180 Å². The summed E-state index contributed by atoms with van der Waals surface area (Å²) in [6, 6.07) is 6.50. The SMILES string of the molecule is CC(C)(CC1CCC(NC(=O)C2CCC2)CC1)NC[C@H](O)c1cccc(F)c1.Cl. The first-order valence-electron chi connectivity index (χ1n) is 10.8. The molecule has 0 spiro atoms. The van der Waals surface area contributed by atoms with Crippen LogP contribution >= 0.6 is 12.4 Å². The zero-order valence-corrected chi connectivity index (χ0v) is 18.4. The minimum Gasteiger partial charge on any atom is -0.387 e. The van der Waals surface area contributed by atoms with E-state index in [0.29, 0.717) is 24.1 Å². The molecule has 3 rings (SSSR count). The van der Waals surface area contributed by atoms with Crippen molar-refractivity contribution in [1.29, 1.82) is 0 Å². The number of aliphatic hydroxyl groups is 1. The van der Waals surface area contributed by atoms with Gasteiger partial charge in [0.15, 0.2) is 0 Å². The maximum atomic E-state index is 13.3. The van der Waals surface area contributed by atoms with Crippen LogP contribution in [0, 0.1) is 17.7 Å². The van der Waals surface area contributed by atoms with Crippen molar-refractivity contribution in [2.45, 2.75) is 82.9 Å². The van der Waals surface area contributed by atoms with Gasteiger partial charge < -0.3 is 15.7 Å². The Balaban J connectivity index is 0.00000300. The molecule has 0 aliphatic heterocycles. The lowest BCUT2D eigenvalue weighted by Crippen LogP contribution is -2.45. The number of amides is 1. The van der Waals surface area contributed by atoms with Crippen LogP contribution < -0.4 is 10.6 Å². The van der Waals surface area contributed by atoms with Gasteiger partial charge in [-0.25, -0.2) is 4.39 Å². The Bertz CT molecular complexity index is 658. The van der Waals surface area contributed by atoms with E-state index in [9.17, 15) is 14.3 Å². The molecular weight excluding hydrogens is 391 g/mol. The summed E-state index contributed by atoms with van der Waals surface area (Å²) in [5.74, 6) is 0.844. The molecule has 0 aromatic heterocycles. The van der Waals surface area contributed by atoms with E-state index in [1.54, 1.807) is 12.1 Å². The molecule has 1 aromatic carbocycles. The molecule has 3 N–H and O–H groups in total. The first kappa shape index (κ1) is 24.1. The summed E-state index contributed by atoms with van der Waals surface area (Å²) < 4.78 is 13.3. The number of carbonyl (C=O) groups is 1. The number of β-amino-alcohol motifs (C(OH)–C–C–N with tert-alkyl or cyclic N) is 1. The molecule has 0 unspecified atom stereocenters. The molecule has 164 valence electrons. The average molecular weight is 427 g/mol. The molecule has 0 radical (unpaired) electrons. The maximum absolute atomic E-state index is 13.3. The monoisotopic (exact) mass is 426 g/mol. The largest absolute Gasteiger partial charge is 0.387 e. The molecular formula is C23H36ClFN2O2. The van der Waals surface area contributed by atoms with Gasteiger partial charge in [-0.3, -0.25) is 4.79 Å². The van der Waals surface area contributed by atoms with E-state index in [0.717, 1.165) is 44.9 Å². The smallest absolute Gasteiger partial charge is 0.223 e. The van der Waals surface area contributed by atoms with E-state index in [1.807, 2.05) is 0 Å². The van der Waals surface area contributed by atoms with E-state index in [4.69, 9.17) is 0 Å². The molecule has 1 amide bonds. The highest BCUT2D eigenvalue weighted by atomic mass is 35.5. The van der Waals surface area contributed by atoms with Crippen molar-refractivity contribution in [2.24, 2.45) is 11.8 Å². The predicted molar refractivity (Wildman–Crippen MR) is 117 cm³/mol. The minimum atomic E-state index is -0.715. The van der Waals surface area contributed by atoms with E-state index < -0.39 is 6.10 Å². The van der Waals surface area contributed by atoms with Crippen LogP contribution in [0.5, 0.6) is 0 Å². The van der Waals surface area contributed by atoms with Gasteiger partial charge in [0, 0.05) is 24.0 Å². The number of hydrogen-bond donors (Lipinski definition) is 3. The summed E-state index contributed by atoms with van der Waals surface area (Å²) in [6.07, 6.45) is 8.02. The van der Waals surface area contributed by atoms with E-state index in [-0.39, 0.29) is 35.6 Å². The molecule has 29 heavy (non-hydrogen) atoms. The van der Waals surface area contributed by atoms with E-state index in [1.165, 1.54) is 18.6 Å². The van der Waals surface area contributed by atoms with E-state index >= 15 is 0 Å². The number of rotatable bonds is 8. The summed E-state index contributed by atoms with van der Waals surface area (Å²) in [7, 11) is 0. The number of benzene rings is 1. The van der Waals surface area contributed by atoms with Gasteiger partial charge in [-0.2, -0.15) is 0 Å². The Morgan fingerprint density at radius 3 is 2.48 bits per heavy atom. The molecule has 0 saturated heterocycles. The van der Waals surface area contributed by atoms with Crippen LogP contribution in [0.2, 0.25) is 0 Å². The van der Waals surface area contributed by atoms with Crippen molar-refractivity contribution in [3.8, 4) is 0 Å². The molecule has 2 aliphatic rings. The highest BCUT2D eigenvalue weighted by Crippen LogP contribution is 2.32. The number of halogens is 2. The van der Waals surface area contributed by atoms with Crippen molar-refractivity contribution in [3.63, 3.8) is 0 Å². The lowest BCUT2D eigenvalue weighted by atomic mass is 9.78. The third-order valence-corrected chi connectivity index (χ3v) is 6.48. The normalized spacial score (nSPS) is 23.6. The fourth-order valence-corrected chi connectivity index (χ4v) is 4.50. The van der Waals surface area contributed by atoms with Crippen LogP contribution in [0.15, 0.2) is 24.3 Å². The first-order valence-corrected chi connectivity index (χ1v) is 10.8. The second kappa shape index (κ2) is 10.7. The number of nitrogens with one attached hydrogen (secondary N) is 2. The molecule has 0 heterocycles. The van der Waals surface area contributed by atoms with Crippen LogP contribution in [-0.4, -0.2) is 29.1 Å². The fraction of sp³-hybridized carbons (Fsp3) is 0.696. The van der Waals surface area contributed by atoms with E-state index in [2.05, 4.69) is 24.5 Å². The number of aliphatic hydroxyl groups excluding tert-OH is 1. The predicted octanol–water partition coefficient (Wildman–Crippen LogP) is 4.51. The third-order valence-electron chi connectivity index (χ3n) is 6.48. The summed E-state index contributed by atoms with van der Waals surface area (Å²) in [4.78, 5) is 12.1. The van der Waals surface area contributed by atoms with Gasteiger partial charge >= 0.3 is 0 Å². The zero-order valence-electron chi connectivity index (χ0n) is 17.6. The zero-order chi connectivity index (χ0) is 20.1. The van der Waals surface area contributed by atoms with Gasteiger partial charge in [-0.15, -0.1) is 12.4 Å². The highest BCUT2D eigenvalue weighted by molar-refractivity contribution is 5.85. The Morgan fingerprint density at radius 1 is 1.21 bits per heavy atom. The second-order valence-corrected chi connectivity index (χ2v) is 9.39. The van der Waals surface area contributed by atoms with Gasteiger partial charge in [-0.1, -0.05) is 18.6 Å². The molecule has 1 atom stereocenters. The lowest BCUT2D eigenvalue weighted by molar-refractivity contribution is -0.128. The minimum absolute atomic E-state index is 0. The summed E-state index contributed by atoms with van der Waals surface area (Å²) in [5, 5.41) is 17.0. The molecule has 0 bridgehead atoms. The Hall–Kier alpha value is -1.17. The van der Waals surface area contributed by atoms with Crippen LogP contribution in [0.25, 0.3) is 0 Å². The first-order chi connectivity index (χ1) is 13.3. The van der Waals surface area contributed by atoms with Crippen LogP contribution in [0.3, 0.4) is 0 Å². The third kappa shape index (κ3) is 7.23. The van der Waals surface area contributed by atoms with Crippen molar-refractivity contribution in [1.82, 2.24) is 10.6 Å². The van der Waals surface area contributed by atoms with Gasteiger partial charge in [0.2, 0.25) is 5.91 Å². The fourth-order valence-electron chi connectivity index (χ4n) is 4.50. The molecule has 2 saturated carbocycles.